The smallest absolute Gasteiger partial charge is 0.328 e. The summed E-state index contributed by atoms with van der Waals surface area (Å²) in [4.78, 5) is 71.5. The third-order valence-electron chi connectivity index (χ3n) is 4.01. The van der Waals surface area contributed by atoms with Crippen molar-refractivity contribution in [1.82, 2.24) is 21.3 Å². The molecule has 32 heavy (non-hydrogen) atoms. The van der Waals surface area contributed by atoms with Crippen LogP contribution in [0, 0.1) is 5.92 Å². The van der Waals surface area contributed by atoms with E-state index in [2.05, 4.69) is 26.0 Å². The van der Waals surface area contributed by atoms with Crippen LogP contribution >= 0.6 is 0 Å². The summed E-state index contributed by atoms with van der Waals surface area (Å²) >= 11 is 0. The van der Waals surface area contributed by atoms with E-state index < -0.39 is 71.8 Å². The van der Waals surface area contributed by atoms with Gasteiger partial charge < -0.3 is 30.7 Å². The Bertz CT molecular complexity index is 732. The molecule has 0 aromatic rings. The standard InChI is InChI=1S/C20H34N4O8/c1-10(18(29)32-20(5,6)7)15(26)23-11(2)16(27)21-9-14(25)22-12(3)17(28)24-13(4)19(30)31-8/h10-13H,9H2,1-8H3,(H,21,27)(H,22,25)(H,23,26)(H,24,28)/t10-,11-,12-,13-/m0/s1. The van der Waals surface area contributed by atoms with Crippen molar-refractivity contribution >= 4 is 35.6 Å². The Morgan fingerprint density at radius 1 is 0.719 bits per heavy atom. The third kappa shape index (κ3) is 10.7. The maximum atomic E-state index is 12.2. The molecule has 0 saturated heterocycles. The molecule has 0 rings (SSSR count). The molecule has 182 valence electrons. The molecule has 0 aromatic carbocycles. The van der Waals surface area contributed by atoms with Crippen LogP contribution < -0.4 is 21.3 Å². The van der Waals surface area contributed by atoms with Crippen molar-refractivity contribution in [2.24, 2.45) is 5.92 Å². The van der Waals surface area contributed by atoms with E-state index in [-0.39, 0.29) is 0 Å². The lowest BCUT2D eigenvalue weighted by atomic mass is 10.1. The van der Waals surface area contributed by atoms with Gasteiger partial charge in [0.25, 0.3) is 0 Å². The van der Waals surface area contributed by atoms with E-state index in [4.69, 9.17) is 4.74 Å². The average molecular weight is 459 g/mol. The zero-order valence-corrected chi connectivity index (χ0v) is 19.8. The minimum Gasteiger partial charge on any atom is -0.467 e. The number of methoxy groups -OCH3 is 1. The highest BCUT2D eigenvalue weighted by Crippen LogP contribution is 2.11. The van der Waals surface area contributed by atoms with E-state index in [1.54, 1.807) is 20.8 Å². The summed E-state index contributed by atoms with van der Waals surface area (Å²) in [5, 5.41) is 9.43. The summed E-state index contributed by atoms with van der Waals surface area (Å²) in [5.74, 6) is -5.12. The largest absolute Gasteiger partial charge is 0.467 e. The van der Waals surface area contributed by atoms with Gasteiger partial charge in [0.05, 0.1) is 13.7 Å². The Balaban J connectivity index is 4.52. The fourth-order valence-electron chi connectivity index (χ4n) is 2.15. The van der Waals surface area contributed by atoms with E-state index >= 15 is 0 Å². The number of ether oxygens (including phenoxy) is 2. The summed E-state index contributed by atoms with van der Waals surface area (Å²) in [5.41, 5.74) is -0.757. The molecule has 0 aliphatic heterocycles. The van der Waals surface area contributed by atoms with Gasteiger partial charge in [-0.1, -0.05) is 0 Å². The number of carbonyl (C=O) groups is 6. The first kappa shape index (κ1) is 28.8. The predicted octanol–water partition coefficient (Wildman–Crippen LogP) is -1.23. The molecule has 0 heterocycles. The molecule has 0 aromatic heterocycles. The second-order valence-corrected chi connectivity index (χ2v) is 8.25. The quantitative estimate of drug-likeness (QED) is 0.233. The van der Waals surface area contributed by atoms with Gasteiger partial charge in [-0.25, -0.2) is 4.79 Å². The van der Waals surface area contributed by atoms with E-state index in [9.17, 15) is 28.8 Å². The Morgan fingerprint density at radius 2 is 1.22 bits per heavy atom. The Morgan fingerprint density at radius 3 is 1.72 bits per heavy atom. The van der Waals surface area contributed by atoms with Crippen LogP contribution in [-0.4, -0.2) is 72.9 Å². The number of hydrogen-bond donors (Lipinski definition) is 4. The first-order valence-electron chi connectivity index (χ1n) is 10.1. The number of rotatable bonds is 10. The van der Waals surface area contributed by atoms with Crippen molar-refractivity contribution in [3.05, 3.63) is 0 Å². The van der Waals surface area contributed by atoms with Crippen LogP contribution in [0.1, 0.15) is 48.5 Å². The molecular formula is C20H34N4O8. The van der Waals surface area contributed by atoms with Gasteiger partial charge in [0.2, 0.25) is 23.6 Å². The van der Waals surface area contributed by atoms with Gasteiger partial charge in [-0.05, 0) is 48.5 Å². The normalized spacial score (nSPS) is 14.6. The Kier molecular flexibility index (Phi) is 11.4. The summed E-state index contributed by atoms with van der Waals surface area (Å²) in [6.07, 6.45) is 0. The van der Waals surface area contributed by atoms with Crippen molar-refractivity contribution in [3.63, 3.8) is 0 Å². The molecule has 0 spiro atoms. The van der Waals surface area contributed by atoms with Crippen molar-refractivity contribution in [2.75, 3.05) is 13.7 Å². The van der Waals surface area contributed by atoms with Crippen molar-refractivity contribution in [1.29, 1.82) is 0 Å². The van der Waals surface area contributed by atoms with Crippen molar-refractivity contribution in [2.45, 2.75) is 72.2 Å². The lowest BCUT2D eigenvalue weighted by Crippen LogP contribution is -2.53. The lowest BCUT2D eigenvalue weighted by molar-refractivity contribution is -0.162. The minimum absolute atomic E-state index is 0.454. The SMILES string of the molecule is COC(=O)[C@H](C)NC(=O)[C@H](C)NC(=O)CNC(=O)[C@H](C)NC(=O)[C@H](C)C(=O)OC(C)(C)C. The highest BCUT2D eigenvalue weighted by molar-refractivity contribution is 5.99. The average Bonchev–Trinajstić information content (AvgIpc) is 2.68. The van der Waals surface area contributed by atoms with Gasteiger partial charge in [0, 0.05) is 0 Å². The van der Waals surface area contributed by atoms with Gasteiger partial charge in [-0.15, -0.1) is 0 Å². The molecule has 0 bridgehead atoms. The fraction of sp³-hybridized carbons (Fsp3) is 0.700. The monoisotopic (exact) mass is 458 g/mol. The van der Waals surface area contributed by atoms with Gasteiger partial charge in [0.15, 0.2) is 0 Å². The second-order valence-electron chi connectivity index (χ2n) is 8.25. The number of nitrogens with one attached hydrogen (secondary N) is 4. The van der Waals surface area contributed by atoms with Crippen LogP contribution in [0.3, 0.4) is 0 Å². The molecule has 12 nitrogen and oxygen atoms in total. The van der Waals surface area contributed by atoms with Crippen LogP contribution in [0.5, 0.6) is 0 Å². The molecule has 0 unspecified atom stereocenters. The molecule has 12 heteroatoms. The summed E-state index contributed by atoms with van der Waals surface area (Å²) < 4.78 is 9.62. The van der Waals surface area contributed by atoms with Crippen molar-refractivity contribution in [3.8, 4) is 0 Å². The maximum Gasteiger partial charge on any atom is 0.328 e. The molecule has 0 aliphatic rings. The van der Waals surface area contributed by atoms with Crippen LogP contribution in [0.4, 0.5) is 0 Å². The molecule has 4 amide bonds. The summed E-state index contributed by atoms with van der Waals surface area (Å²) in [6, 6.07) is -2.89. The molecule has 0 radical (unpaired) electrons. The van der Waals surface area contributed by atoms with Crippen LogP contribution in [0.2, 0.25) is 0 Å². The highest BCUT2D eigenvalue weighted by atomic mass is 16.6. The zero-order chi connectivity index (χ0) is 25.2. The number of esters is 2. The van der Waals surface area contributed by atoms with E-state index in [1.165, 1.54) is 34.8 Å². The van der Waals surface area contributed by atoms with Gasteiger partial charge in [-0.3, -0.25) is 24.0 Å². The number of carbonyl (C=O) groups excluding carboxylic acids is 6. The number of hydrogen-bond acceptors (Lipinski definition) is 8. The summed E-state index contributed by atoms with van der Waals surface area (Å²) in [6.45, 7) is 10.1. The van der Waals surface area contributed by atoms with E-state index in [0.29, 0.717) is 0 Å². The minimum atomic E-state index is -1.13. The van der Waals surface area contributed by atoms with Crippen LogP contribution in [0.25, 0.3) is 0 Å². The zero-order valence-electron chi connectivity index (χ0n) is 19.8. The molecule has 4 atom stereocenters. The first-order chi connectivity index (χ1) is 14.6. The highest BCUT2D eigenvalue weighted by Gasteiger charge is 2.29. The Hall–Kier alpha value is -3.18. The molecule has 0 aliphatic carbocycles. The van der Waals surface area contributed by atoms with Crippen molar-refractivity contribution < 1.29 is 38.2 Å². The second kappa shape index (κ2) is 12.6. The number of amides is 4. The van der Waals surface area contributed by atoms with Crippen LogP contribution in [0.15, 0.2) is 0 Å². The summed E-state index contributed by atoms with van der Waals surface area (Å²) in [7, 11) is 1.18. The Labute approximate surface area is 187 Å². The molecular weight excluding hydrogens is 424 g/mol. The van der Waals surface area contributed by atoms with Gasteiger partial charge in [-0.2, -0.15) is 0 Å². The van der Waals surface area contributed by atoms with Gasteiger partial charge >= 0.3 is 11.9 Å². The maximum absolute atomic E-state index is 12.2. The molecule has 4 N–H and O–H groups in total. The van der Waals surface area contributed by atoms with E-state index in [1.807, 2.05) is 0 Å². The molecule has 0 saturated carbocycles. The third-order valence-corrected chi connectivity index (χ3v) is 4.01. The van der Waals surface area contributed by atoms with E-state index in [0.717, 1.165) is 0 Å². The van der Waals surface area contributed by atoms with Crippen LogP contribution in [-0.2, 0) is 38.2 Å². The first-order valence-corrected chi connectivity index (χ1v) is 10.1. The van der Waals surface area contributed by atoms with Gasteiger partial charge in [0.1, 0.15) is 29.6 Å². The molecule has 0 fully saturated rings. The predicted molar refractivity (Wildman–Crippen MR) is 113 cm³/mol. The topological polar surface area (TPSA) is 169 Å². The fourth-order valence-corrected chi connectivity index (χ4v) is 2.15. The lowest BCUT2D eigenvalue weighted by Gasteiger charge is -2.22.